The monoisotopic (exact) mass is 414 g/mol. The second kappa shape index (κ2) is 7.37. The molecule has 0 atom stereocenters. The van der Waals surface area contributed by atoms with Gasteiger partial charge in [0.05, 0.1) is 9.90 Å². The number of hydrogen-bond acceptors (Lipinski definition) is 5. The van der Waals surface area contributed by atoms with E-state index in [0.29, 0.717) is 0 Å². The van der Waals surface area contributed by atoms with Gasteiger partial charge in [-0.3, -0.25) is 9.62 Å². The highest BCUT2D eigenvalue weighted by Gasteiger charge is 2.27. The normalized spacial score (nSPS) is 18.6. The van der Waals surface area contributed by atoms with Crippen LogP contribution in [0.1, 0.15) is 39.1 Å². The average Bonchev–Trinajstić information content (AvgIpc) is 3.36. The largest absolute Gasteiger partial charge is 0.329 e. The number of amides is 2. The van der Waals surface area contributed by atoms with Crippen molar-refractivity contribution >= 4 is 35.0 Å². The highest BCUT2D eigenvalue weighted by atomic mass is 32.2. The van der Waals surface area contributed by atoms with Crippen LogP contribution in [0.15, 0.2) is 16.3 Å². The van der Waals surface area contributed by atoms with E-state index < -0.39 is 0 Å². The van der Waals surface area contributed by atoms with Crippen LogP contribution >= 0.6 is 23.3 Å². The molecule has 0 fully saturated rings. The Kier molecular flexibility index (Phi) is 4.87. The third kappa shape index (κ3) is 3.45. The summed E-state index contributed by atoms with van der Waals surface area (Å²) < 4.78 is 4.18. The van der Waals surface area contributed by atoms with Crippen molar-refractivity contribution in [1.82, 2.24) is 14.5 Å². The minimum absolute atomic E-state index is 0.120. The standard InChI is InChI=1S/C21H26N4OS2/c1-24-7-6-18-15(11-24)9-19(27-18)28-23-21(26)22-20-16-5-3-4-13(16)8-14-10-25(2)12-17(14)20/h8-9H,3-7,10-12H2,1-2H3,(H2,22,23,26). The van der Waals surface area contributed by atoms with Crippen molar-refractivity contribution in [3.05, 3.63) is 44.8 Å². The number of likely N-dealkylation sites (N-methyl/N-ethyl adjacent to an activating group) is 1. The molecule has 0 saturated heterocycles. The molecule has 7 heteroatoms. The van der Waals surface area contributed by atoms with E-state index in [0.717, 1.165) is 51.1 Å². The van der Waals surface area contributed by atoms with Crippen molar-refractivity contribution in [3.63, 3.8) is 0 Å². The van der Waals surface area contributed by atoms with E-state index in [2.05, 4.69) is 46.1 Å². The third-order valence-corrected chi connectivity index (χ3v) is 8.12. The lowest BCUT2D eigenvalue weighted by Gasteiger charge is -2.21. The Morgan fingerprint density at radius 1 is 1.00 bits per heavy atom. The van der Waals surface area contributed by atoms with Gasteiger partial charge in [-0.25, -0.2) is 4.79 Å². The van der Waals surface area contributed by atoms with Crippen molar-refractivity contribution in [2.24, 2.45) is 0 Å². The van der Waals surface area contributed by atoms with E-state index in [1.807, 2.05) is 11.3 Å². The second-order valence-corrected chi connectivity index (χ2v) is 10.5. The van der Waals surface area contributed by atoms with Gasteiger partial charge in [0, 0.05) is 31.1 Å². The van der Waals surface area contributed by atoms with Crippen molar-refractivity contribution in [3.8, 4) is 0 Å². The Morgan fingerprint density at radius 2 is 1.86 bits per heavy atom. The zero-order chi connectivity index (χ0) is 19.3. The summed E-state index contributed by atoms with van der Waals surface area (Å²) in [5, 5.41) is 3.20. The fourth-order valence-electron chi connectivity index (χ4n) is 4.67. The van der Waals surface area contributed by atoms with Crippen molar-refractivity contribution in [1.29, 1.82) is 0 Å². The van der Waals surface area contributed by atoms with Crippen LogP contribution < -0.4 is 10.0 Å². The van der Waals surface area contributed by atoms with E-state index in [9.17, 15) is 4.79 Å². The number of thiophene rings is 1. The fraction of sp³-hybridized carbons (Fsp3) is 0.476. The number of anilines is 1. The molecule has 3 aliphatic rings. The summed E-state index contributed by atoms with van der Waals surface area (Å²) in [5.74, 6) is 0. The summed E-state index contributed by atoms with van der Waals surface area (Å²) in [6.45, 7) is 4.01. The Hall–Kier alpha value is -1.54. The van der Waals surface area contributed by atoms with Gasteiger partial charge in [0.1, 0.15) is 0 Å². The smallest absolute Gasteiger partial charge is 0.307 e. The summed E-state index contributed by atoms with van der Waals surface area (Å²) in [7, 11) is 4.30. The molecule has 3 heterocycles. The molecule has 1 aromatic carbocycles. The van der Waals surface area contributed by atoms with Crippen LogP contribution in [0.25, 0.3) is 0 Å². The Balaban J connectivity index is 1.29. The van der Waals surface area contributed by atoms with Crippen molar-refractivity contribution in [2.75, 3.05) is 26.0 Å². The predicted octanol–water partition coefficient (Wildman–Crippen LogP) is 4.00. The van der Waals surface area contributed by atoms with E-state index >= 15 is 0 Å². The molecule has 2 N–H and O–H groups in total. The topological polar surface area (TPSA) is 47.6 Å². The summed E-state index contributed by atoms with van der Waals surface area (Å²) in [6.07, 6.45) is 4.50. The Labute approximate surface area is 174 Å². The number of benzene rings is 1. The quantitative estimate of drug-likeness (QED) is 0.746. The number of aryl methyl sites for hydroxylation is 1. The van der Waals surface area contributed by atoms with Crippen LogP contribution in [0.5, 0.6) is 0 Å². The summed E-state index contributed by atoms with van der Waals surface area (Å²) in [6, 6.07) is 4.48. The summed E-state index contributed by atoms with van der Waals surface area (Å²) in [4.78, 5) is 18.8. The predicted molar refractivity (Wildman–Crippen MR) is 116 cm³/mol. The third-order valence-electron chi connectivity index (χ3n) is 5.99. The molecule has 2 aliphatic heterocycles. The van der Waals surface area contributed by atoms with Crippen LogP contribution in [0.2, 0.25) is 0 Å². The lowest BCUT2D eigenvalue weighted by Crippen LogP contribution is -2.25. The molecule has 0 radical (unpaired) electrons. The van der Waals surface area contributed by atoms with Crippen LogP contribution in [-0.4, -0.2) is 36.5 Å². The maximum absolute atomic E-state index is 12.7. The van der Waals surface area contributed by atoms with Crippen LogP contribution in [-0.2, 0) is 38.9 Å². The molecule has 0 spiro atoms. The van der Waals surface area contributed by atoms with Gasteiger partial charge in [-0.15, -0.1) is 11.3 Å². The number of hydrogen-bond donors (Lipinski definition) is 2. The number of urea groups is 1. The Morgan fingerprint density at radius 3 is 2.75 bits per heavy atom. The van der Waals surface area contributed by atoms with E-state index in [1.54, 1.807) is 0 Å². The molecule has 0 saturated carbocycles. The molecule has 148 valence electrons. The number of nitrogens with zero attached hydrogens (tertiary/aromatic N) is 2. The van der Waals surface area contributed by atoms with E-state index in [1.165, 1.54) is 55.3 Å². The first kappa shape index (κ1) is 18.5. The van der Waals surface area contributed by atoms with Gasteiger partial charge in [0.2, 0.25) is 0 Å². The van der Waals surface area contributed by atoms with Gasteiger partial charge in [-0.1, -0.05) is 6.07 Å². The highest BCUT2D eigenvalue weighted by Crippen LogP contribution is 2.38. The Bertz CT molecular complexity index is 939. The highest BCUT2D eigenvalue weighted by molar-refractivity contribution is 7.99. The zero-order valence-corrected chi connectivity index (χ0v) is 18.1. The average molecular weight is 415 g/mol. The van der Waals surface area contributed by atoms with Gasteiger partial charge in [-0.05, 0) is 85.6 Å². The SMILES string of the molecule is CN1CCc2sc(SNC(=O)Nc3c4c(cc5c3CN(C)C5)CCC4)cc2C1. The summed E-state index contributed by atoms with van der Waals surface area (Å²) in [5.41, 5.74) is 7.93. The number of nitrogens with one attached hydrogen (secondary N) is 2. The fourth-order valence-corrected chi connectivity index (χ4v) is 6.60. The molecule has 28 heavy (non-hydrogen) atoms. The van der Waals surface area contributed by atoms with Crippen molar-refractivity contribution in [2.45, 2.75) is 49.5 Å². The van der Waals surface area contributed by atoms with Crippen LogP contribution in [0, 0.1) is 0 Å². The van der Waals surface area contributed by atoms with E-state index in [-0.39, 0.29) is 6.03 Å². The van der Waals surface area contributed by atoms with Crippen LogP contribution in [0.3, 0.4) is 0 Å². The minimum Gasteiger partial charge on any atom is -0.307 e. The van der Waals surface area contributed by atoms with Gasteiger partial charge < -0.3 is 10.2 Å². The molecular formula is C21H26N4OS2. The molecule has 2 amide bonds. The van der Waals surface area contributed by atoms with Crippen LogP contribution in [0.4, 0.5) is 10.5 Å². The summed E-state index contributed by atoms with van der Waals surface area (Å²) >= 11 is 3.25. The molecule has 0 unspecified atom stereocenters. The van der Waals surface area contributed by atoms with Gasteiger partial charge >= 0.3 is 6.03 Å². The van der Waals surface area contributed by atoms with Gasteiger partial charge in [0.15, 0.2) is 0 Å². The molecular weight excluding hydrogens is 388 g/mol. The van der Waals surface area contributed by atoms with Gasteiger partial charge in [0.25, 0.3) is 0 Å². The minimum atomic E-state index is -0.120. The molecule has 0 bridgehead atoms. The lowest BCUT2D eigenvalue weighted by molar-refractivity contribution is 0.257. The molecule has 5 rings (SSSR count). The first-order chi connectivity index (χ1) is 13.6. The first-order valence-corrected chi connectivity index (χ1v) is 11.6. The van der Waals surface area contributed by atoms with Crippen molar-refractivity contribution < 1.29 is 4.79 Å². The molecule has 1 aliphatic carbocycles. The zero-order valence-electron chi connectivity index (χ0n) is 16.4. The number of carbonyl (C=O) groups is 1. The first-order valence-electron chi connectivity index (χ1n) is 9.96. The number of rotatable bonds is 3. The number of carbonyl (C=O) groups excluding carboxylic acids is 1. The van der Waals surface area contributed by atoms with Gasteiger partial charge in [-0.2, -0.15) is 0 Å². The molecule has 5 nitrogen and oxygen atoms in total. The molecule has 2 aromatic rings. The maximum atomic E-state index is 12.7. The number of fused-ring (bicyclic) bond motifs is 3. The molecule has 1 aromatic heterocycles. The maximum Gasteiger partial charge on any atom is 0.329 e. The lowest BCUT2D eigenvalue weighted by atomic mass is 9.99. The second-order valence-electron chi connectivity index (χ2n) is 8.21. The van der Waals surface area contributed by atoms with E-state index in [4.69, 9.17) is 0 Å².